The molecule has 3 heteroatoms. The average Bonchev–Trinajstić information content (AvgIpc) is 1.82. The second-order valence-corrected chi connectivity index (χ2v) is 4.18. The van der Waals surface area contributed by atoms with Crippen LogP contribution in [0.1, 0.15) is 13.8 Å². The van der Waals surface area contributed by atoms with Crippen molar-refractivity contribution in [2.24, 2.45) is 0 Å². The summed E-state index contributed by atoms with van der Waals surface area (Å²) < 4.78 is 0.122. The topological polar surface area (TPSA) is 29.1 Å². The van der Waals surface area contributed by atoms with E-state index in [2.05, 4.69) is 19.2 Å². The molecule has 0 radical (unpaired) electrons. The predicted octanol–water partition coefficient (Wildman–Crippen LogP) is 1.22. The zero-order valence-electron chi connectivity index (χ0n) is 5.02. The van der Waals surface area contributed by atoms with E-state index >= 15 is 0 Å². The highest BCUT2D eigenvalue weighted by molar-refractivity contribution is 8.15. The van der Waals surface area contributed by atoms with Gasteiger partial charge in [0, 0.05) is 11.3 Å². The standard InChI is InChI=1S/C5H9NOS/c1-5(2)3-6-4(7)8-5/h3H2,1-2H3,(H,6,7). The molecule has 0 saturated carbocycles. The zero-order chi connectivity index (χ0) is 6.20. The van der Waals surface area contributed by atoms with Crippen molar-refractivity contribution < 1.29 is 4.79 Å². The summed E-state index contributed by atoms with van der Waals surface area (Å²) in [4.78, 5) is 10.5. The van der Waals surface area contributed by atoms with Crippen LogP contribution < -0.4 is 5.32 Å². The van der Waals surface area contributed by atoms with Gasteiger partial charge in [-0.1, -0.05) is 11.8 Å². The Balaban J connectivity index is 2.56. The van der Waals surface area contributed by atoms with E-state index in [0.29, 0.717) is 0 Å². The first-order chi connectivity index (χ1) is 3.60. The fourth-order valence-electron chi connectivity index (χ4n) is 0.608. The minimum atomic E-state index is 0.106. The van der Waals surface area contributed by atoms with Crippen molar-refractivity contribution in [1.29, 1.82) is 0 Å². The molecule has 0 atom stereocenters. The van der Waals surface area contributed by atoms with E-state index in [9.17, 15) is 4.79 Å². The van der Waals surface area contributed by atoms with E-state index in [1.807, 2.05) is 0 Å². The van der Waals surface area contributed by atoms with Gasteiger partial charge in [-0.2, -0.15) is 0 Å². The van der Waals surface area contributed by atoms with E-state index in [4.69, 9.17) is 0 Å². The summed E-state index contributed by atoms with van der Waals surface area (Å²) in [6.07, 6.45) is 0. The summed E-state index contributed by atoms with van der Waals surface area (Å²) in [7, 11) is 0. The summed E-state index contributed by atoms with van der Waals surface area (Å²) in [5.41, 5.74) is 0. The Bertz CT molecular complexity index is 122. The molecular weight excluding hydrogens is 122 g/mol. The highest BCUT2D eigenvalue weighted by Gasteiger charge is 2.29. The molecule has 0 aromatic carbocycles. The Morgan fingerprint density at radius 2 is 2.38 bits per heavy atom. The van der Waals surface area contributed by atoms with Crippen LogP contribution in [0.2, 0.25) is 0 Å². The second-order valence-electron chi connectivity index (χ2n) is 2.50. The SMILES string of the molecule is CC1(C)CNC(=O)S1. The molecule has 8 heavy (non-hydrogen) atoms. The number of hydrogen-bond donors (Lipinski definition) is 1. The second kappa shape index (κ2) is 1.65. The molecular formula is C5H9NOS. The van der Waals surface area contributed by atoms with Crippen LogP contribution in [0, 0.1) is 0 Å². The average molecular weight is 131 g/mol. The molecule has 1 N–H and O–H groups in total. The van der Waals surface area contributed by atoms with Crippen molar-refractivity contribution in [3.05, 3.63) is 0 Å². The number of carbonyl (C=O) groups is 1. The third-order valence-electron chi connectivity index (χ3n) is 1.03. The van der Waals surface area contributed by atoms with Crippen molar-refractivity contribution in [1.82, 2.24) is 5.32 Å². The summed E-state index contributed by atoms with van der Waals surface area (Å²) in [6.45, 7) is 4.90. The fraction of sp³-hybridized carbons (Fsp3) is 0.800. The van der Waals surface area contributed by atoms with E-state index in [1.165, 1.54) is 11.8 Å². The van der Waals surface area contributed by atoms with Gasteiger partial charge in [0.25, 0.3) is 5.24 Å². The van der Waals surface area contributed by atoms with Crippen LogP contribution in [0.5, 0.6) is 0 Å². The molecule has 0 aliphatic carbocycles. The first-order valence-electron chi connectivity index (χ1n) is 2.57. The molecule has 1 fully saturated rings. The van der Waals surface area contributed by atoms with Gasteiger partial charge in [-0.05, 0) is 13.8 Å². The highest BCUT2D eigenvalue weighted by Crippen LogP contribution is 2.28. The van der Waals surface area contributed by atoms with Crippen LogP contribution >= 0.6 is 11.8 Å². The van der Waals surface area contributed by atoms with E-state index < -0.39 is 0 Å². The molecule has 1 rings (SSSR count). The van der Waals surface area contributed by atoms with Crippen molar-refractivity contribution in [3.8, 4) is 0 Å². The first-order valence-corrected chi connectivity index (χ1v) is 3.39. The maximum atomic E-state index is 10.5. The smallest absolute Gasteiger partial charge is 0.279 e. The van der Waals surface area contributed by atoms with Crippen molar-refractivity contribution in [3.63, 3.8) is 0 Å². The lowest BCUT2D eigenvalue weighted by Crippen LogP contribution is -2.21. The molecule has 1 aliphatic heterocycles. The van der Waals surface area contributed by atoms with Gasteiger partial charge in [-0.3, -0.25) is 4.79 Å². The third kappa shape index (κ3) is 1.15. The summed E-state index contributed by atoms with van der Waals surface area (Å²) >= 11 is 1.37. The largest absolute Gasteiger partial charge is 0.346 e. The van der Waals surface area contributed by atoms with Gasteiger partial charge in [0.15, 0.2) is 0 Å². The maximum Gasteiger partial charge on any atom is 0.279 e. The van der Waals surface area contributed by atoms with Crippen LogP contribution in [0.4, 0.5) is 4.79 Å². The molecule has 1 aliphatic rings. The number of hydrogen-bond acceptors (Lipinski definition) is 2. The van der Waals surface area contributed by atoms with E-state index in [1.54, 1.807) is 0 Å². The van der Waals surface area contributed by atoms with E-state index in [-0.39, 0.29) is 9.99 Å². The first kappa shape index (κ1) is 5.95. The monoisotopic (exact) mass is 131 g/mol. The predicted molar refractivity (Wildman–Crippen MR) is 35.1 cm³/mol. The molecule has 0 aromatic heterocycles. The summed E-state index contributed by atoms with van der Waals surface area (Å²) in [5.74, 6) is 0. The van der Waals surface area contributed by atoms with Gasteiger partial charge < -0.3 is 5.32 Å². The van der Waals surface area contributed by atoms with E-state index in [0.717, 1.165) is 6.54 Å². The fourth-order valence-corrected chi connectivity index (χ4v) is 1.40. The Morgan fingerprint density at radius 1 is 1.75 bits per heavy atom. The molecule has 1 heterocycles. The Hall–Kier alpha value is -0.180. The molecule has 0 spiro atoms. The van der Waals surface area contributed by atoms with Gasteiger partial charge >= 0.3 is 0 Å². The lowest BCUT2D eigenvalue weighted by Gasteiger charge is -2.09. The van der Waals surface area contributed by atoms with Crippen LogP contribution in [0.3, 0.4) is 0 Å². The molecule has 0 bridgehead atoms. The Labute approximate surface area is 53.0 Å². The van der Waals surface area contributed by atoms with Gasteiger partial charge in [0.1, 0.15) is 0 Å². The number of carbonyl (C=O) groups excluding carboxylic acids is 1. The minimum Gasteiger partial charge on any atom is -0.346 e. The molecule has 0 unspecified atom stereocenters. The Kier molecular flexibility index (Phi) is 1.23. The van der Waals surface area contributed by atoms with Crippen LogP contribution in [0.25, 0.3) is 0 Å². The van der Waals surface area contributed by atoms with Crippen LogP contribution in [-0.4, -0.2) is 16.5 Å². The van der Waals surface area contributed by atoms with Crippen molar-refractivity contribution in [2.45, 2.75) is 18.6 Å². The van der Waals surface area contributed by atoms with Gasteiger partial charge in [0.2, 0.25) is 0 Å². The molecule has 2 nitrogen and oxygen atoms in total. The van der Waals surface area contributed by atoms with Gasteiger partial charge in [-0.15, -0.1) is 0 Å². The minimum absolute atomic E-state index is 0.106. The Morgan fingerprint density at radius 3 is 2.50 bits per heavy atom. The molecule has 1 amide bonds. The van der Waals surface area contributed by atoms with Gasteiger partial charge in [-0.25, -0.2) is 0 Å². The zero-order valence-corrected chi connectivity index (χ0v) is 5.84. The molecule has 0 aromatic rings. The number of rotatable bonds is 0. The third-order valence-corrected chi connectivity index (χ3v) is 2.05. The van der Waals surface area contributed by atoms with Gasteiger partial charge in [0.05, 0.1) is 0 Å². The summed E-state index contributed by atoms with van der Waals surface area (Å²) in [5, 5.41) is 2.84. The summed E-state index contributed by atoms with van der Waals surface area (Å²) in [6, 6.07) is 0. The van der Waals surface area contributed by atoms with Crippen molar-refractivity contribution in [2.75, 3.05) is 6.54 Å². The number of amides is 1. The van der Waals surface area contributed by atoms with Crippen LogP contribution in [0.15, 0.2) is 0 Å². The number of nitrogens with one attached hydrogen (secondary N) is 1. The highest BCUT2D eigenvalue weighted by atomic mass is 32.2. The maximum absolute atomic E-state index is 10.5. The quantitative estimate of drug-likeness (QED) is 0.535. The number of thioether (sulfide) groups is 1. The lowest BCUT2D eigenvalue weighted by molar-refractivity contribution is 0.262. The van der Waals surface area contributed by atoms with Crippen LogP contribution in [-0.2, 0) is 0 Å². The molecule has 46 valence electrons. The normalized spacial score (nSPS) is 25.5. The van der Waals surface area contributed by atoms with Crippen molar-refractivity contribution >= 4 is 17.0 Å². The lowest BCUT2D eigenvalue weighted by atomic mass is 10.2. The molecule has 1 saturated heterocycles.